The summed E-state index contributed by atoms with van der Waals surface area (Å²) in [4.78, 5) is 26.3. The van der Waals surface area contributed by atoms with E-state index in [0.717, 1.165) is 16.8 Å². The quantitative estimate of drug-likeness (QED) is 0.780. The molecule has 20 heavy (non-hydrogen) atoms. The largest absolute Gasteiger partial charge is 0.466 e. The van der Waals surface area contributed by atoms with Crippen molar-refractivity contribution in [3.63, 3.8) is 0 Å². The van der Waals surface area contributed by atoms with E-state index in [1.807, 2.05) is 13.8 Å². The van der Waals surface area contributed by atoms with Crippen LogP contribution < -0.4 is 0 Å². The Bertz CT molecular complexity index is 476. The summed E-state index contributed by atoms with van der Waals surface area (Å²) < 4.78 is 9.93. The zero-order chi connectivity index (χ0) is 15.1. The number of aryl methyl sites for hydroxylation is 1. The minimum Gasteiger partial charge on any atom is -0.466 e. The maximum absolute atomic E-state index is 11.9. The Kier molecular flexibility index (Phi) is 6.28. The third-order valence-electron chi connectivity index (χ3n) is 3.22. The molecule has 5 nitrogen and oxygen atoms in total. The summed E-state index contributed by atoms with van der Waals surface area (Å²) in [6.45, 7) is 8.20. The third-order valence-corrected chi connectivity index (χ3v) is 3.22. The lowest BCUT2D eigenvalue weighted by Crippen LogP contribution is -2.09. The number of aromatic nitrogens is 1. The molecule has 0 radical (unpaired) electrons. The zero-order valence-corrected chi connectivity index (χ0v) is 12.7. The molecule has 0 saturated carbocycles. The van der Waals surface area contributed by atoms with Crippen LogP contribution in [0.15, 0.2) is 0 Å². The fourth-order valence-corrected chi connectivity index (χ4v) is 2.10. The Morgan fingerprint density at radius 2 is 1.75 bits per heavy atom. The van der Waals surface area contributed by atoms with Crippen molar-refractivity contribution in [1.29, 1.82) is 0 Å². The lowest BCUT2D eigenvalue weighted by molar-refractivity contribution is -0.143. The van der Waals surface area contributed by atoms with Gasteiger partial charge in [-0.1, -0.05) is 0 Å². The molecule has 0 spiro atoms. The van der Waals surface area contributed by atoms with Crippen molar-refractivity contribution in [3.05, 3.63) is 22.5 Å². The van der Waals surface area contributed by atoms with Crippen molar-refractivity contribution < 1.29 is 19.1 Å². The van der Waals surface area contributed by atoms with E-state index in [4.69, 9.17) is 9.47 Å². The predicted molar refractivity (Wildman–Crippen MR) is 75.8 cm³/mol. The number of carbonyl (C=O) groups is 2. The van der Waals surface area contributed by atoms with E-state index in [-0.39, 0.29) is 11.9 Å². The molecule has 1 aromatic heterocycles. The zero-order valence-electron chi connectivity index (χ0n) is 12.7. The highest BCUT2D eigenvalue weighted by Crippen LogP contribution is 2.21. The third kappa shape index (κ3) is 4.11. The summed E-state index contributed by atoms with van der Waals surface area (Å²) in [5, 5.41) is 0. The number of rotatable bonds is 7. The van der Waals surface area contributed by atoms with Gasteiger partial charge >= 0.3 is 11.9 Å². The van der Waals surface area contributed by atoms with Crippen molar-refractivity contribution in [1.82, 2.24) is 4.98 Å². The summed E-state index contributed by atoms with van der Waals surface area (Å²) in [5.74, 6) is -0.537. The van der Waals surface area contributed by atoms with Gasteiger partial charge in [0, 0.05) is 12.1 Å². The van der Waals surface area contributed by atoms with Gasteiger partial charge in [0.15, 0.2) is 0 Å². The normalized spacial score (nSPS) is 10.4. The molecular formula is C15H23NO4. The van der Waals surface area contributed by atoms with E-state index in [1.54, 1.807) is 13.8 Å². The fraction of sp³-hybridized carbons (Fsp3) is 0.600. The molecule has 1 rings (SSSR count). The Hall–Kier alpha value is -1.78. The number of esters is 2. The lowest BCUT2D eigenvalue weighted by Gasteiger charge is -2.05. The second-order valence-electron chi connectivity index (χ2n) is 4.61. The molecule has 5 heteroatoms. The van der Waals surface area contributed by atoms with Crippen molar-refractivity contribution in [2.45, 2.75) is 47.0 Å². The van der Waals surface area contributed by atoms with Gasteiger partial charge in [0.2, 0.25) is 0 Å². The average Bonchev–Trinajstić information content (AvgIpc) is 2.67. The van der Waals surface area contributed by atoms with E-state index in [1.165, 1.54) is 0 Å². The molecule has 1 heterocycles. The smallest absolute Gasteiger partial charge is 0.355 e. The summed E-state index contributed by atoms with van der Waals surface area (Å²) >= 11 is 0. The van der Waals surface area contributed by atoms with E-state index >= 15 is 0 Å². The first-order valence-corrected chi connectivity index (χ1v) is 7.02. The number of hydrogen-bond acceptors (Lipinski definition) is 4. The maximum Gasteiger partial charge on any atom is 0.355 e. The van der Waals surface area contributed by atoms with Gasteiger partial charge in [-0.15, -0.1) is 0 Å². The fourth-order valence-electron chi connectivity index (χ4n) is 2.10. The predicted octanol–water partition coefficient (Wildman–Crippen LogP) is 2.69. The second-order valence-corrected chi connectivity index (χ2v) is 4.61. The molecule has 0 amide bonds. The van der Waals surface area contributed by atoms with Gasteiger partial charge in [0.25, 0.3) is 0 Å². The van der Waals surface area contributed by atoms with Crippen molar-refractivity contribution >= 4 is 11.9 Å². The topological polar surface area (TPSA) is 68.4 Å². The highest BCUT2D eigenvalue weighted by atomic mass is 16.5. The average molecular weight is 281 g/mol. The first-order valence-electron chi connectivity index (χ1n) is 7.02. The number of nitrogens with one attached hydrogen (secondary N) is 1. The summed E-state index contributed by atoms with van der Waals surface area (Å²) in [6, 6.07) is 0. The van der Waals surface area contributed by atoms with Crippen LogP contribution in [0, 0.1) is 13.8 Å². The molecule has 0 atom stereocenters. The number of hydrogen-bond donors (Lipinski definition) is 1. The molecule has 0 aliphatic heterocycles. The summed E-state index contributed by atoms with van der Waals surface area (Å²) in [5.41, 5.74) is 3.45. The van der Waals surface area contributed by atoms with Crippen molar-refractivity contribution in [3.8, 4) is 0 Å². The van der Waals surface area contributed by atoms with Gasteiger partial charge in [-0.05, 0) is 51.7 Å². The number of carbonyl (C=O) groups excluding carboxylic acids is 2. The molecule has 0 fully saturated rings. The Morgan fingerprint density at radius 1 is 1.10 bits per heavy atom. The molecule has 0 aromatic carbocycles. The second kappa shape index (κ2) is 7.72. The van der Waals surface area contributed by atoms with E-state index in [9.17, 15) is 9.59 Å². The summed E-state index contributed by atoms with van der Waals surface area (Å²) in [6.07, 6.45) is 1.67. The minimum atomic E-state index is -0.338. The Labute approximate surface area is 119 Å². The van der Waals surface area contributed by atoms with Gasteiger partial charge in [-0.2, -0.15) is 0 Å². The minimum absolute atomic E-state index is 0.199. The van der Waals surface area contributed by atoms with Crippen molar-refractivity contribution in [2.75, 3.05) is 13.2 Å². The van der Waals surface area contributed by atoms with Crippen LogP contribution in [0.4, 0.5) is 0 Å². The number of ether oxygens (including phenoxy) is 2. The van der Waals surface area contributed by atoms with Crippen LogP contribution in [0.5, 0.6) is 0 Å². The first kappa shape index (κ1) is 16.3. The summed E-state index contributed by atoms with van der Waals surface area (Å²) in [7, 11) is 0. The van der Waals surface area contributed by atoms with E-state index in [2.05, 4.69) is 4.98 Å². The van der Waals surface area contributed by atoms with Gasteiger partial charge in [-0.25, -0.2) is 4.79 Å². The molecule has 0 unspecified atom stereocenters. The Balaban J connectivity index is 2.73. The first-order chi connectivity index (χ1) is 9.51. The van der Waals surface area contributed by atoms with Crippen LogP contribution in [0.2, 0.25) is 0 Å². The van der Waals surface area contributed by atoms with Gasteiger partial charge in [0.1, 0.15) is 5.69 Å². The van der Waals surface area contributed by atoms with Gasteiger partial charge in [-0.3, -0.25) is 4.79 Å². The SMILES string of the molecule is CCOC(=O)CCCc1c(C(=O)OCC)[nH]c(C)c1C. The van der Waals surface area contributed by atoms with Crippen LogP contribution >= 0.6 is 0 Å². The molecule has 0 aliphatic rings. The molecule has 0 bridgehead atoms. The highest BCUT2D eigenvalue weighted by Gasteiger charge is 2.19. The van der Waals surface area contributed by atoms with Gasteiger partial charge < -0.3 is 14.5 Å². The highest BCUT2D eigenvalue weighted by molar-refractivity contribution is 5.90. The number of aromatic amines is 1. The van der Waals surface area contributed by atoms with E-state index < -0.39 is 0 Å². The van der Waals surface area contributed by atoms with Crippen LogP contribution in [-0.2, 0) is 20.7 Å². The van der Waals surface area contributed by atoms with Crippen LogP contribution in [-0.4, -0.2) is 30.1 Å². The number of H-pyrrole nitrogens is 1. The monoisotopic (exact) mass is 281 g/mol. The van der Waals surface area contributed by atoms with E-state index in [0.29, 0.717) is 38.2 Å². The van der Waals surface area contributed by atoms with Crippen LogP contribution in [0.25, 0.3) is 0 Å². The molecule has 0 aliphatic carbocycles. The molecule has 1 N–H and O–H groups in total. The molecule has 0 saturated heterocycles. The van der Waals surface area contributed by atoms with Crippen LogP contribution in [0.3, 0.4) is 0 Å². The Morgan fingerprint density at radius 3 is 2.35 bits per heavy atom. The molecule has 112 valence electrons. The molecule has 1 aromatic rings. The standard InChI is InChI=1S/C15H23NO4/c1-5-19-13(17)9-7-8-12-10(3)11(4)16-14(12)15(18)20-6-2/h16H,5-9H2,1-4H3. The van der Waals surface area contributed by atoms with Crippen LogP contribution in [0.1, 0.15) is 54.0 Å². The lowest BCUT2D eigenvalue weighted by atomic mass is 10.0. The maximum atomic E-state index is 11.9. The van der Waals surface area contributed by atoms with Crippen molar-refractivity contribution in [2.24, 2.45) is 0 Å². The molecular weight excluding hydrogens is 258 g/mol. The van der Waals surface area contributed by atoms with Gasteiger partial charge in [0.05, 0.1) is 13.2 Å².